The molecule has 0 radical (unpaired) electrons. The van der Waals surface area contributed by atoms with Gasteiger partial charge >= 0.3 is 0 Å². The maximum absolute atomic E-state index is 9.68. The Labute approximate surface area is 61.8 Å². The zero-order valence-corrected chi connectivity index (χ0v) is 6.51. The summed E-state index contributed by atoms with van der Waals surface area (Å²) < 4.78 is 0. The van der Waals surface area contributed by atoms with Gasteiger partial charge in [-0.2, -0.15) is 0 Å². The van der Waals surface area contributed by atoms with Crippen LogP contribution in [0.5, 0.6) is 0 Å². The molecule has 1 fully saturated rings. The largest absolute Gasteiger partial charge is 0.387 e. The van der Waals surface area contributed by atoms with Crippen LogP contribution in [0.25, 0.3) is 0 Å². The minimum atomic E-state index is -0.604. The highest BCUT2D eigenvalue weighted by molar-refractivity contribution is 4.86. The van der Waals surface area contributed by atoms with Crippen LogP contribution < -0.4 is 5.73 Å². The second-order valence-electron chi connectivity index (χ2n) is 3.27. The molecule has 0 amide bonds. The van der Waals surface area contributed by atoms with Crippen LogP contribution in [0.2, 0.25) is 0 Å². The standard InChI is InChI=1S/C7H16N2O/c1-9-4-2-3-7(10,5-8)6-9/h10H,2-6,8H2,1H3. The first kappa shape index (κ1) is 7.98. The number of likely N-dealkylation sites (tertiary alicyclic amines) is 1. The number of rotatable bonds is 1. The molecule has 1 rings (SSSR count). The fourth-order valence-electron chi connectivity index (χ4n) is 1.51. The molecule has 1 atom stereocenters. The molecule has 0 saturated carbocycles. The van der Waals surface area contributed by atoms with Crippen molar-refractivity contribution in [3.05, 3.63) is 0 Å². The zero-order valence-electron chi connectivity index (χ0n) is 6.51. The molecule has 3 N–H and O–H groups in total. The number of aliphatic hydroxyl groups is 1. The Hall–Kier alpha value is -0.120. The van der Waals surface area contributed by atoms with Crippen LogP contribution in [-0.2, 0) is 0 Å². The van der Waals surface area contributed by atoms with Crippen molar-refractivity contribution in [2.45, 2.75) is 18.4 Å². The highest BCUT2D eigenvalue weighted by Gasteiger charge is 2.29. The van der Waals surface area contributed by atoms with E-state index in [0.29, 0.717) is 6.54 Å². The van der Waals surface area contributed by atoms with Gasteiger partial charge in [-0.15, -0.1) is 0 Å². The van der Waals surface area contributed by atoms with Crippen LogP contribution in [0.3, 0.4) is 0 Å². The summed E-state index contributed by atoms with van der Waals surface area (Å²) in [7, 11) is 2.01. The average molecular weight is 144 g/mol. The molecule has 0 spiro atoms. The van der Waals surface area contributed by atoms with Crippen molar-refractivity contribution >= 4 is 0 Å². The summed E-state index contributed by atoms with van der Waals surface area (Å²) in [5.74, 6) is 0. The molecule has 1 aliphatic heterocycles. The lowest BCUT2D eigenvalue weighted by molar-refractivity contribution is -0.0151. The minimum Gasteiger partial charge on any atom is -0.387 e. The molecule has 10 heavy (non-hydrogen) atoms. The van der Waals surface area contributed by atoms with Crippen LogP contribution in [-0.4, -0.2) is 42.3 Å². The van der Waals surface area contributed by atoms with Crippen molar-refractivity contribution in [1.82, 2.24) is 4.90 Å². The Morgan fingerprint density at radius 2 is 2.40 bits per heavy atom. The maximum atomic E-state index is 9.68. The molecule has 60 valence electrons. The van der Waals surface area contributed by atoms with Crippen molar-refractivity contribution < 1.29 is 5.11 Å². The van der Waals surface area contributed by atoms with Gasteiger partial charge in [-0.3, -0.25) is 0 Å². The third-order valence-corrected chi connectivity index (χ3v) is 2.13. The topological polar surface area (TPSA) is 49.5 Å². The third-order valence-electron chi connectivity index (χ3n) is 2.13. The van der Waals surface area contributed by atoms with E-state index in [-0.39, 0.29) is 0 Å². The summed E-state index contributed by atoms with van der Waals surface area (Å²) in [4.78, 5) is 2.12. The van der Waals surface area contributed by atoms with E-state index in [0.717, 1.165) is 25.9 Å². The number of hydrogen-bond acceptors (Lipinski definition) is 3. The van der Waals surface area contributed by atoms with E-state index in [2.05, 4.69) is 4.90 Å². The summed E-state index contributed by atoms with van der Waals surface area (Å²) >= 11 is 0. The van der Waals surface area contributed by atoms with Gasteiger partial charge < -0.3 is 15.7 Å². The summed E-state index contributed by atoms with van der Waals surface area (Å²) in [5.41, 5.74) is 4.82. The lowest BCUT2D eigenvalue weighted by atomic mass is 9.93. The monoisotopic (exact) mass is 144 g/mol. The van der Waals surface area contributed by atoms with Crippen LogP contribution >= 0.6 is 0 Å². The summed E-state index contributed by atoms with van der Waals surface area (Å²) in [6, 6.07) is 0. The Morgan fingerprint density at radius 1 is 1.70 bits per heavy atom. The Kier molecular flexibility index (Phi) is 2.28. The molecular formula is C7H16N2O. The molecule has 0 aromatic heterocycles. The van der Waals surface area contributed by atoms with Crippen LogP contribution in [0.4, 0.5) is 0 Å². The van der Waals surface area contributed by atoms with Crippen molar-refractivity contribution in [2.75, 3.05) is 26.7 Å². The Balaban J connectivity index is 2.45. The van der Waals surface area contributed by atoms with Crippen molar-refractivity contribution in [1.29, 1.82) is 0 Å². The number of β-amino-alcohol motifs (C(OH)–C–C–N with tert-alkyl or cyclic N) is 1. The second kappa shape index (κ2) is 2.86. The van der Waals surface area contributed by atoms with Gasteiger partial charge in [0.2, 0.25) is 0 Å². The van der Waals surface area contributed by atoms with Gasteiger partial charge in [0.1, 0.15) is 0 Å². The lowest BCUT2D eigenvalue weighted by Gasteiger charge is -2.36. The normalized spacial score (nSPS) is 36.3. The van der Waals surface area contributed by atoms with Gasteiger partial charge in [0.15, 0.2) is 0 Å². The first-order valence-corrected chi connectivity index (χ1v) is 3.77. The molecule has 1 unspecified atom stereocenters. The number of piperidine rings is 1. The van der Waals surface area contributed by atoms with E-state index >= 15 is 0 Å². The molecule has 0 aliphatic carbocycles. The molecule has 0 aromatic rings. The first-order valence-electron chi connectivity index (χ1n) is 3.77. The van der Waals surface area contributed by atoms with Gasteiger partial charge in [0, 0.05) is 13.1 Å². The van der Waals surface area contributed by atoms with E-state index in [9.17, 15) is 5.11 Å². The molecule has 1 aliphatic rings. The molecule has 0 bridgehead atoms. The van der Waals surface area contributed by atoms with Crippen LogP contribution in [0, 0.1) is 0 Å². The average Bonchev–Trinajstić information content (AvgIpc) is 1.88. The van der Waals surface area contributed by atoms with Crippen molar-refractivity contribution in [2.24, 2.45) is 5.73 Å². The van der Waals surface area contributed by atoms with Gasteiger partial charge in [-0.05, 0) is 26.4 Å². The van der Waals surface area contributed by atoms with E-state index in [1.54, 1.807) is 0 Å². The molecule has 1 heterocycles. The molecule has 0 aromatic carbocycles. The summed E-state index contributed by atoms with van der Waals surface area (Å²) in [6.45, 7) is 2.20. The fraction of sp³-hybridized carbons (Fsp3) is 1.00. The van der Waals surface area contributed by atoms with Crippen molar-refractivity contribution in [3.63, 3.8) is 0 Å². The quantitative estimate of drug-likeness (QED) is 0.517. The molecule has 1 saturated heterocycles. The van der Waals surface area contributed by atoms with Crippen molar-refractivity contribution in [3.8, 4) is 0 Å². The van der Waals surface area contributed by atoms with Crippen LogP contribution in [0.1, 0.15) is 12.8 Å². The maximum Gasteiger partial charge on any atom is 0.0895 e. The van der Waals surface area contributed by atoms with E-state index in [1.807, 2.05) is 7.05 Å². The highest BCUT2D eigenvalue weighted by Crippen LogP contribution is 2.17. The Morgan fingerprint density at radius 3 is 2.80 bits per heavy atom. The highest BCUT2D eigenvalue weighted by atomic mass is 16.3. The van der Waals surface area contributed by atoms with E-state index in [1.165, 1.54) is 0 Å². The zero-order chi connectivity index (χ0) is 7.61. The summed E-state index contributed by atoms with van der Waals surface area (Å²) in [5, 5.41) is 9.68. The lowest BCUT2D eigenvalue weighted by Crippen LogP contribution is -2.51. The fourth-order valence-corrected chi connectivity index (χ4v) is 1.51. The predicted octanol–water partition coefficient (Wildman–Crippen LogP) is -0.598. The minimum absolute atomic E-state index is 0.386. The second-order valence-corrected chi connectivity index (χ2v) is 3.27. The summed E-state index contributed by atoms with van der Waals surface area (Å²) in [6.07, 6.45) is 1.91. The van der Waals surface area contributed by atoms with Gasteiger partial charge in [-0.25, -0.2) is 0 Å². The molecular weight excluding hydrogens is 128 g/mol. The Bertz CT molecular complexity index is 118. The van der Waals surface area contributed by atoms with E-state index < -0.39 is 5.60 Å². The first-order chi connectivity index (χ1) is 4.66. The van der Waals surface area contributed by atoms with Gasteiger partial charge in [-0.1, -0.05) is 0 Å². The van der Waals surface area contributed by atoms with Gasteiger partial charge in [0.25, 0.3) is 0 Å². The SMILES string of the molecule is CN1CCCC(O)(CN)C1. The molecule has 3 nitrogen and oxygen atoms in total. The van der Waals surface area contributed by atoms with E-state index in [4.69, 9.17) is 5.73 Å². The predicted molar refractivity (Wildman–Crippen MR) is 40.7 cm³/mol. The number of likely N-dealkylation sites (N-methyl/N-ethyl adjacent to an activating group) is 1. The smallest absolute Gasteiger partial charge is 0.0895 e. The van der Waals surface area contributed by atoms with Crippen LogP contribution in [0.15, 0.2) is 0 Å². The number of nitrogens with zero attached hydrogens (tertiary/aromatic N) is 1. The third kappa shape index (κ3) is 1.68. The number of nitrogens with two attached hydrogens (primary N) is 1. The van der Waals surface area contributed by atoms with Gasteiger partial charge in [0.05, 0.1) is 5.60 Å². The molecule has 3 heteroatoms. The number of hydrogen-bond donors (Lipinski definition) is 2.